The number of nitrogens with one attached hydrogen (secondary N) is 1. The number of carboxylic acid groups (broad SMARTS) is 1. The van der Waals surface area contributed by atoms with E-state index in [1.54, 1.807) is 4.57 Å². The quantitative estimate of drug-likeness (QED) is 0.590. The second kappa shape index (κ2) is 6.73. The SMILES string of the molecule is Nc1nc(Cl)nc2c1ncn2CCC(=O)Nc1ccc(C(=O)O)cc1. The van der Waals surface area contributed by atoms with Gasteiger partial charge in [0.1, 0.15) is 5.52 Å². The average molecular weight is 361 g/mol. The molecule has 0 spiro atoms. The zero-order valence-corrected chi connectivity index (χ0v) is 13.6. The minimum Gasteiger partial charge on any atom is -0.478 e. The number of hydrogen-bond acceptors (Lipinski definition) is 6. The van der Waals surface area contributed by atoms with Gasteiger partial charge in [-0.25, -0.2) is 9.78 Å². The fraction of sp³-hybridized carbons (Fsp3) is 0.133. The molecule has 3 aromatic rings. The van der Waals surface area contributed by atoms with Crippen LogP contribution in [-0.4, -0.2) is 36.5 Å². The van der Waals surface area contributed by atoms with Gasteiger partial charge < -0.3 is 20.7 Å². The number of nitrogen functional groups attached to an aromatic ring is 1. The molecule has 2 aromatic heterocycles. The number of nitrogens with two attached hydrogens (primary N) is 1. The number of aromatic nitrogens is 4. The van der Waals surface area contributed by atoms with E-state index in [9.17, 15) is 9.59 Å². The molecule has 2 heterocycles. The molecule has 0 saturated carbocycles. The molecule has 0 atom stereocenters. The summed E-state index contributed by atoms with van der Waals surface area (Å²) in [6.45, 7) is 0.322. The number of carboxylic acids is 1. The summed E-state index contributed by atoms with van der Waals surface area (Å²) in [6.07, 6.45) is 1.68. The van der Waals surface area contributed by atoms with Crippen molar-refractivity contribution in [3.05, 3.63) is 41.4 Å². The van der Waals surface area contributed by atoms with E-state index >= 15 is 0 Å². The molecule has 1 aromatic carbocycles. The molecule has 0 unspecified atom stereocenters. The highest BCUT2D eigenvalue weighted by atomic mass is 35.5. The maximum atomic E-state index is 12.1. The van der Waals surface area contributed by atoms with Crippen molar-refractivity contribution < 1.29 is 14.7 Å². The molecular formula is C15H13ClN6O3. The number of carbonyl (C=O) groups is 2. The predicted molar refractivity (Wildman–Crippen MR) is 91.4 cm³/mol. The number of hydrogen-bond donors (Lipinski definition) is 3. The number of carbonyl (C=O) groups excluding carboxylic acids is 1. The highest BCUT2D eigenvalue weighted by Crippen LogP contribution is 2.18. The van der Waals surface area contributed by atoms with E-state index in [1.807, 2.05) is 0 Å². The van der Waals surface area contributed by atoms with Crippen molar-refractivity contribution in [3.8, 4) is 0 Å². The first-order chi connectivity index (χ1) is 11.9. The lowest BCUT2D eigenvalue weighted by Gasteiger charge is -2.07. The fourth-order valence-corrected chi connectivity index (χ4v) is 2.41. The second-order valence-electron chi connectivity index (χ2n) is 5.17. The Kier molecular flexibility index (Phi) is 4.48. The van der Waals surface area contributed by atoms with Crippen LogP contribution in [0.25, 0.3) is 11.2 Å². The summed E-state index contributed by atoms with van der Waals surface area (Å²) in [4.78, 5) is 34.9. The van der Waals surface area contributed by atoms with Gasteiger partial charge in [-0.2, -0.15) is 9.97 Å². The Morgan fingerprint density at radius 2 is 1.96 bits per heavy atom. The Bertz CT molecular complexity index is 954. The molecule has 0 aliphatic carbocycles. The lowest BCUT2D eigenvalue weighted by atomic mass is 10.2. The molecule has 10 heteroatoms. The van der Waals surface area contributed by atoms with Gasteiger partial charge in [0.05, 0.1) is 11.9 Å². The zero-order chi connectivity index (χ0) is 18.0. The van der Waals surface area contributed by atoms with E-state index in [0.29, 0.717) is 23.4 Å². The summed E-state index contributed by atoms with van der Waals surface area (Å²) in [5, 5.41) is 11.5. The molecule has 0 bridgehead atoms. The number of nitrogens with zero attached hydrogens (tertiary/aromatic N) is 4. The van der Waals surface area contributed by atoms with E-state index < -0.39 is 5.97 Å². The first-order valence-corrected chi connectivity index (χ1v) is 7.59. The Morgan fingerprint density at radius 3 is 2.64 bits per heavy atom. The van der Waals surface area contributed by atoms with Gasteiger partial charge in [0.2, 0.25) is 11.2 Å². The van der Waals surface area contributed by atoms with Crippen LogP contribution in [0, 0.1) is 0 Å². The number of benzene rings is 1. The van der Waals surface area contributed by atoms with Gasteiger partial charge in [0.25, 0.3) is 0 Å². The minimum atomic E-state index is -1.02. The van der Waals surface area contributed by atoms with Crippen LogP contribution < -0.4 is 11.1 Å². The van der Waals surface area contributed by atoms with Gasteiger partial charge >= 0.3 is 5.97 Å². The molecule has 0 radical (unpaired) electrons. The molecule has 9 nitrogen and oxygen atoms in total. The Balaban J connectivity index is 1.65. The molecule has 0 saturated heterocycles. The molecular weight excluding hydrogens is 348 g/mol. The van der Waals surface area contributed by atoms with Crippen molar-refractivity contribution in [2.75, 3.05) is 11.1 Å². The van der Waals surface area contributed by atoms with Gasteiger partial charge in [-0.3, -0.25) is 4.79 Å². The van der Waals surface area contributed by atoms with Crippen LogP contribution in [0.1, 0.15) is 16.8 Å². The van der Waals surface area contributed by atoms with Gasteiger partial charge in [-0.1, -0.05) is 0 Å². The summed E-state index contributed by atoms with van der Waals surface area (Å²) in [7, 11) is 0. The lowest BCUT2D eigenvalue weighted by molar-refractivity contribution is -0.116. The van der Waals surface area contributed by atoms with Crippen LogP contribution >= 0.6 is 11.6 Å². The Hall–Kier alpha value is -3.20. The highest BCUT2D eigenvalue weighted by molar-refractivity contribution is 6.28. The average Bonchev–Trinajstić information content (AvgIpc) is 2.96. The number of fused-ring (bicyclic) bond motifs is 1. The fourth-order valence-electron chi connectivity index (χ4n) is 2.24. The van der Waals surface area contributed by atoms with Gasteiger partial charge in [-0.15, -0.1) is 0 Å². The van der Waals surface area contributed by atoms with Crippen LogP contribution in [0.2, 0.25) is 5.28 Å². The third-order valence-corrected chi connectivity index (χ3v) is 3.63. The lowest BCUT2D eigenvalue weighted by Crippen LogP contribution is -2.14. The minimum absolute atomic E-state index is 0.00900. The Morgan fingerprint density at radius 1 is 1.24 bits per heavy atom. The van der Waals surface area contributed by atoms with E-state index in [-0.39, 0.29) is 29.0 Å². The van der Waals surface area contributed by atoms with Crippen molar-refractivity contribution in [2.24, 2.45) is 0 Å². The molecule has 0 aliphatic heterocycles. The molecule has 0 aliphatic rings. The third-order valence-electron chi connectivity index (χ3n) is 3.46. The van der Waals surface area contributed by atoms with Crippen molar-refractivity contribution >= 4 is 46.1 Å². The van der Waals surface area contributed by atoms with Crippen LogP contribution in [0.5, 0.6) is 0 Å². The van der Waals surface area contributed by atoms with Gasteiger partial charge in [0, 0.05) is 18.7 Å². The van der Waals surface area contributed by atoms with Gasteiger partial charge in [0.15, 0.2) is 11.5 Å². The number of imidazole rings is 1. The van der Waals surface area contributed by atoms with Gasteiger partial charge in [-0.05, 0) is 35.9 Å². The highest BCUT2D eigenvalue weighted by Gasteiger charge is 2.12. The first kappa shape index (κ1) is 16.7. The van der Waals surface area contributed by atoms with E-state index in [2.05, 4.69) is 20.3 Å². The van der Waals surface area contributed by atoms with Crippen molar-refractivity contribution in [1.29, 1.82) is 0 Å². The maximum absolute atomic E-state index is 12.1. The number of halogens is 1. The van der Waals surface area contributed by atoms with Crippen LogP contribution in [0.3, 0.4) is 0 Å². The van der Waals surface area contributed by atoms with Crippen LogP contribution in [0.15, 0.2) is 30.6 Å². The smallest absolute Gasteiger partial charge is 0.335 e. The van der Waals surface area contributed by atoms with Crippen molar-refractivity contribution in [1.82, 2.24) is 19.5 Å². The van der Waals surface area contributed by atoms with Crippen LogP contribution in [0.4, 0.5) is 11.5 Å². The van der Waals surface area contributed by atoms with Crippen molar-refractivity contribution in [3.63, 3.8) is 0 Å². The number of aromatic carboxylic acids is 1. The standard InChI is InChI=1S/C15H13ClN6O3/c16-15-20-12(17)11-13(21-15)22(7-18-11)6-5-10(23)19-9-3-1-8(2-4-9)14(24)25/h1-4,7H,5-6H2,(H,19,23)(H,24,25)(H2,17,20,21). The zero-order valence-electron chi connectivity index (χ0n) is 12.8. The monoisotopic (exact) mass is 360 g/mol. The summed E-state index contributed by atoms with van der Waals surface area (Å²) in [6, 6.07) is 5.90. The Labute approximate surface area is 146 Å². The molecule has 0 fully saturated rings. The largest absolute Gasteiger partial charge is 0.478 e. The number of amides is 1. The molecule has 3 rings (SSSR count). The summed E-state index contributed by atoms with van der Waals surface area (Å²) < 4.78 is 1.66. The van der Waals surface area contributed by atoms with E-state index in [1.165, 1.54) is 30.6 Å². The summed E-state index contributed by atoms with van der Waals surface area (Å²) >= 11 is 5.79. The number of aryl methyl sites for hydroxylation is 1. The predicted octanol–water partition coefficient (Wildman–Crippen LogP) is 1.79. The molecule has 4 N–H and O–H groups in total. The van der Waals surface area contributed by atoms with Crippen LogP contribution in [-0.2, 0) is 11.3 Å². The van der Waals surface area contributed by atoms with E-state index in [0.717, 1.165) is 0 Å². The molecule has 1 amide bonds. The first-order valence-electron chi connectivity index (χ1n) is 7.21. The second-order valence-corrected chi connectivity index (χ2v) is 5.51. The maximum Gasteiger partial charge on any atom is 0.335 e. The van der Waals surface area contributed by atoms with Crippen molar-refractivity contribution in [2.45, 2.75) is 13.0 Å². The molecule has 128 valence electrons. The van der Waals surface area contributed by atoms with E-state index in [4.69, 9.17) is 22.4 Å². The number of rotatable bonds is 5. The summed E-state index contributed by atoms with van der Waals surface area (Å²) in [5.74, 6) is -1.08. The topological polar surface area (TPSA) is 136 Å². The number of anilines is 2. The summed E-state index contributed by atoms with van der Waals surface area (Å²) in [5.41, 5.74) is 7.27. The molecule has 25 heavy (non-hydrogen) atoms. The normalized spacial score (nSPS) is 10.8. The third kappa shape index (κ3) is 3.66.